The highest BCUT2D eigenvalue weighted by atomic mass is 28.3. The summed E-state index contributed by atoms with van der Waals surface area (Å²) < 4.78 is 0. The van der Waals surface area contributed by atoms with Gasteiger partial charge in [-0.15, -0.1) is 0 Å². The highest BCUT2D eigenvalue weighted by Crippen LogP contribution is 2.26. The maximum absolute atomic E-state index is 2.50. The number of hydrogen-bond donors (Lipinski definition) is 0. The highest BCUT2D eigenvalue weighted by molar-refractivity contribution is 6.77. The third-order valence-electron chi connectivity index (χ3n) is 3.30. The minimum atomic E-state index is -1.00. The number of allylic oxidation sites excluding steroid dienone is 1. The average molecular weight is 270 g/mol. The van der Waals surface area contributed by atoms with Crippen LogP contribution >= 0.6 is 0 Å². The predicted molar refractivity (Wildman–Crippen MR) is 87.9 cm³/mol. The lowest BCUT2D eigenvalue weighted by Crippen LogP contribution is -2.49. The Balaban J connectivity index is 4.72. The summed E-state index contributed by atoms with van der Waals surface area (Å²) in [6, 6.07) is 2.73. The molecule has 0 aromatic heterocycles. The SMILES string of the molecule is CCC[Si](C)(C)CC=CN(C(C)(C)C)C(C)(C)C. The van der Waals surface area contributed by atoms with Gasteiger partial charge in [0.05, 0.1) is 8.07 Å². The van der Waals surface area contributed by atoms with E-state index in [0.717, 1.165) is 0 Å². The van der Waals surface area contributed by atoms with Gasteiger partial charge in [0.2, 0.25) is 0 Å². The zero-order valence-corrected chi connectivity index (χ0v) is 15.2. The van der Waals surface area contributed by atoms with Crippen LogP contribution in [0.25, 0.3) is 0 Å². The highest BCUT2D eigenvalue weighted by Gasteiger charge is 2.28. The largest absolute Gasteiger partial charge is 0.368 e. The zero-order valence-electron chi connectivity index (χ0n) is 14.2. The van der Waals surface area contributed by atoms with Crippen LogP contribution in [-0.2, 0) is 0 Å². The van der Waals surface area contributed by atoms with E-state index in [9.17, 15) is 0 Å². The fourth-order valence-corrected chi connectivity index (χ4v) is 5.01. The van der Waals surface area contributed by atoms with E-state index in [4.69, 9.17) is 0 Å². The van der Waals surface area contributed by atoms with Crippen LogP contribution in [0.4, 0.5) is 0 Å². The standard InChI is InChI=1S/C16H35NSi/c1-10-13-18(8,9)14-11-12-17(15(2,3)4)16(5,6)7/h11-12H,10,13-14H2,1-9H3. The summed E-state index contributed by atoms with van der Waals surface area (Å²) in [5.41, 5.74) is 0.371. The summed E-state index contributed by atoms with van der Waals surface area (Å²) in [6.07, 6.45) is 6.08. The van der Waals surface area contributed by atoms with E-state index in [2.05, 4.69) is 78.7 Å². The first kappa shape index (κ1) is 17.8. The minimum absolute atomic E-state index is 0.186. The molecule has 0 saturated carbocycles. The first-order valence-electron chi connectivity index (χ1n) is 7.36. The van der Waals surface area contributed by atoms with Crippen LogP contribution in [0.2, 0.25) is 25.2 Å². The van der Waals surface area contributed by atoms with Gasteiger partial charge in [0.1, 0.15) is 0 Å². The Bertz CT molecular complexity index is 252. The molecule has 0 fully saturated rings. The normalized spacial score (nSPS) is 14.3. The zero-order chi connectivity index (χ0) is 14.6. The molecular formula is C16H35NSi. The second kappa shape index (κ2) is 6.27. The monoisotopic (exact) mass is 269 g/mol. The van der Waals surface area contributed by atoms with Crippen LogP contribution in [0.3, 0.4) is 0 Å². The van der Waals surface area contributed by atoms with E-state index in [1.54, 1.807) is 0 Å². The first-order chi connectivity index (χ1) is 7.90. The summed E-state index contributed by atoms with van der Waals surface area (Å²) >= 11 is 0. The molecule has 0 rings (SSSR count). The molecule has 2 heteroatoms. The van der Waals surface area contributed by atoms with Crippen LogP contribution in [0, 0.1) is 0 Å². The molecule has 0 aromatic carbocycles. The molecule has 0 aliphatic heterocycles. The molecule has 0 amide bonds. The number of rotatable bonds is 5. The van der Waals surface area contributed by atoms with Crippen LogP contribution in [0.5, 0.6) is 0 Å². The number of nitrogens with zero attached hydrogens (tertiary/aromatic N) is 1. The topological polar surface area (TPSA) is 3.24 Å². The van der Waals surface area contributed by atoms with Crippen molar-refractivity contribution >= 4 is 8.07 Å². The van der Waals surface area contributed by atoms with Crippen LogP contribution in [0.15, 0.2) is 12.3 Å². The molecule has 0 aliphatic carbocycles. The quantitative estimate of drug-likeness (QED) is 0.594. The molecule has 108 valence electrons. The third-order valence-corrected chi connectivity index (χ3v) is 6.49. The Morgan fingerprint density at radius 3 is 1.72 bits per heavy atom. The molecule has 0 unspecified atom stereocenters. The Kier molecular flexibility index (Phi) is 6.19. The van der Waals surface area contributed by atoms with Crippen molar-refractivity contribution in [3.05, 3.63) is 12.3 Å². The van der Waals surface area contributed by atoms with Crippen molar-refractivity contribution in [1.82, 2.24) is 4.90 Å². The first-order valence-corrected chi connectivity index (χ1v) is 10.8. The Hall–Kier alpha value is -0.243. The van der Waals surface area contributed by atoms with Crippen molar-refractivity contribution in [1.29, 1.82) is 0 Å². The van der Waals surface area contributed by atoms with E-state index in [1.807, 2.05) is 0 Å². The maximum atomic E-state index is 2.50. The van der Waals surface area contributed by atoms with Crippen molar-refractivity contribution < 1.29 is 0 Å². The lowest BCUT2D eigenvalue weighted by atomic mass is 9.97. The van der Waals surface area contributed by atoms with E-state index in [1.165, 1.54) is 18.5 Å². The van der Waals surface area contributed by atoms with E-state index < -0.39 is 8.07 Å². The van der Waals surface area contributed by atoms with Gasteiger partial charge < -0.3 is 4.90 Å². The molecule has 0 radical (unpaired) electrons. The summed E-state index contributed by atoms with van der Waals surface area (Å²) in [5, 5.41) is 0. The molecular weight excluding hydrogens is 234 g/mol. The van der Waals surface area contributed by atoms with Gasteiger partial charge in [-0.1, -0.05) is 38.6 Å². The second-order valence-corrected chi connectivity index (χ2v) is 13.5. The summed E-state index contributed by atoms with van der Waals surface area (Å²) in [6.45, 7) is 21.0. The van der Waals surface area contributed by atoms with Gasteiger partial charge >= 0.3 is 0 Å². The molecule has 0 spiro atoms. The second-order valence-electron chi connectivity index (χ2n) is 8.21. The van der Waals surface area contributed by atoms with Crippen molar-refractivity contribution in [2.75, 3.05) is 0 Å². The van der Waals surface area contributed by atoms with Crippen molar-refractivity contribution in [3.63, 3.8) is 0 Å². The minimum Gasteiger partial charge on any atom is -0.368 e. The Morgan fingerprint density at radius 1 is 0.944 bits per heavy atom. The molecule has 0 bridgehead atoms. The average Bonchev–Trinajstić information content (AvgIpc) is 2.07. The van der Waals surface area contributed by atoms with Crippen LogP contribution < -0.4 is 0 Å². The summed E-state index contributed by atoms with van der Waals surface area (Å²) in [7, 11) is -1.00. The lowest BCUT2D eigenvalue weighted by Gasteiger charge is -2.45. The van der Waals surface area contributed by atoms with Crippen molar-refractivity contribution in [2.45, 2.75) is 91.1 Å². The van der Waals surface area contributed by atoms with Gasteiger partial charge in [-0.05, 0) is 53.8 Å². The number of hydrogen-bond acceptors (Lipinski definition) is 1. The van der Waals surface area contributed by atoms with Crippen molar-refractivity contribution in [2.24, 2.45) is 0 Å². The molecule has 0 atom stereocenters. The van der Waals surface area contributed by atoms with E-state index in [0.29, 0.717) is 0 Å². The van der Waals surface area contributed by atoms with Gasteiger partial charge in [-0.2, -0.15) is 0 Å². The lowest BCUT2D eigenvalue weighted by molar-refractivity contribution is 0.0959. The van der Waals surface area contributed by atoms with Crippen LogP contribution in [0.1, 0.15) is 54.9 Å². The van der Waals surface area contributed by atoms with Gasteiger partial charge in [-0.25, -0.2) is 0 Å². The molecule has 0 heterocycles. The van der Waals surface area contributed by atoms with Crippen LogP contribution in [-0.4, -0.2) is 24.1 Å². The van der Waals surface area contributed by atoms with Crippen molar-refractivity contribution in [3.8, 4) is 0 Å². The molecule has 1 nitrogen and oxygen atoms in total. The molecule has 0 aromatic rings. The van der Waals surface area contributed by atoms with E-state index >= 15 is 0 Å². The summed E-state index contributed by atoms with van der Waals surface area (Å²) in [5.74, 6) is 0. The van der Waals surface area contributed by atoms with Gasteiger partial charge in [0.15, 0.2) is 0 Å². The molecule has 18 heavy (non-hydrogen) atoms. The third kappa shape index (κ3) is 6.63. The Morgan fingerprint density at radius 2 is 1.39 bits per heavy atom. The molecule has 0 aliphatic rings. The summed E-state index contributed by atoms with van der Waals surface area (Å²) in [4.78, 5) is 2.48. The predicted octanol–water partition coefficient (Wildman–Crippen LogP) is 5.52. The van der Waals surface area contributed by atoms with Gasteiger partial charge in [-0.3, -0.25) is 0 Å². The molecule has 0 saturated heterocycles. The fraction of sp³-hybridized carbons (Fsp3) is 0.875. The molecule has 0 N–H and O–H groups in total. The maximum Gasteiger partial charge on any atom is 0.0511 e. The van der Waals surface area contributed by atoms with Gasteiger partial charge in [0.25, 0.3) is 0 Å². The smallest absolute Gasteiger partial charge is 0.0511 e. The Labute approximate surface area is 117 Å². The van der Waals surface area contributed by atoms with E-state index in [-0.39, 0.29) is 11.1 Å². The fourth-order valence-electron chi connectivity index (χ4n) is 2.71. The van der Waals surface area contributed by atoms with Gasteiger partial charge in [0, 0.05) is 11.1 Å².